The zero-order valence-electron chi connectivity index (χ0n) is 10.1. The molecule has 0 spiro atoms. The summed E-state index contributed by atoms with van der Waals surface area (Å²) in [5, 5.41) is 6.88. The summed E-state index contributed by atoms with van der Waals surface area (Å²) in [6.45, 7) is 1.94. The molecule has 6 heteroatoms. The Labute approximate surface area is 106 Å². The van der Waals surface area contributed by atoms with E-state index in [4.69, 9.17) is 0 Å². The van der Waals surface area contributed by atoms with Crippen molar-refractivity contribution >= 4 is 10.8 Å². The van der Waals surface area contributed by atoms with E-state index in [1.165, 1.54) is 6.07 Å². The smallest absolute Gasteiger partial charge is 0.267 e. The predicted molar refractivity (Wildman–Crippen MR) is 64.0 cm³/mol. The van der Waals surface area contributed by atoms with Crippen LogP contribution in [0.2, 0.25) is 0 Å². The maximum Gasteiger partial charge on any atom is 0.416 e. The second-order valence-corrected chi connectivity index (χ2v) is 5.22. The monoisotopic (exact) mass is 268 g/mol. The summed E-state index contributed by atoms with van der Waals surface area (Å²) in [5.41, 5.74) is -0.880. The lowest BCUT2D eigenvalue weighted by Crippen LogP contribution is -2.16. The number of rotatable bonds is 1. The number of fused-ring (bicyclic) bond motifs is 1. The molecular weight excluding hydrogens is 257 g/mol. The number of hydrogen-bond donors (Lipinski definition) is 1. The van der Waals surface area contributed by atoms with Gasteiger partial charge in [0.05, 0.1) is 16.6 Å². The van der Waals surface area contributed by atoms with Crippen LogP contribution in [0.5, 0.6) is 0 Å². The van der Waals surface area contributed by atoms with Crippen molar-refractivity contribution < 1.29 is 13.2 Å². The lowest BCUT2D eigenvalue weighted by atomic mass is 9.98. The van der Waals surface area contributed by atoms with Crippen LogP contribution in [0.3, 0.4) is 0 Å². The summed E-state index contributed by atoms with van der Waals surface area (Å²) < 4.78 is 38.3. The number of hydrogen-bond acceptors (Lipinski definition) is 2. The standard InChI is InChI=1S/C13H11F3N2O/c1-12(4-5-12)10-9-6-7(13(14,15)16)2-3-8(9)11(19)18-17-10/h2-3,6H,4-5H2,1H3,(H,18,19). The SMILES string of the molecule is CC1(c2n[nH]c(=O)c3ccc(C(F)(F)F)cc23)CC1. The van der Waals surface area contributed by atoms with Crippen LogP contribution in [0, 0.1) is 0 Å². The molecular formula is C13H11F3N2O. The highest BCUT2D eigenvalue weighted by Crippen LogP contribution is 2.48. The number of H-pyrrole nitrogens is 1. The zero-order chi connectivity index (χ0) is 13.8. The van der Waals surface area contributed by atoms with Crippen LogP contribution in [0.4, 0.5) is 13.2 Å². The lowest BCUT2D eigenvalue weighted by Gasteiger charge is -2.12. The van der Waals surface area contributed by atoms with Crippen molar-refractivity contribution in [1.82, 2.24) is 10.2 Å². The van der Waals surface area contributed by atoms with Crippen LogP contribution in [-0.4, -0.2) is 10.2 Å². The molecule has 1 aliphatic rings. The molecule has 0 atom stereocenters. The summed E-state index contributed by atoms with van der Waals surface area (Å²) in [4.78, 5) is 11.6. The largest absolute Gasteiger partial charge is 0.416 e. The number of nitrogens with one attached hydrogen (secondary N) is 1. The first kappa shape index (κ1) is 12.2. The summed E-state index contributed by atoms with van der Waals surface area (Å²) in [7, 11) is 0. The topological polar surface area (TPSA) is 45.8 Å². The van der Waals surface area contributed by atoms with E-state index in [0.29, 0.717) is 11.1 Å². The molecule has 0 bridgehead atoms. The van der Waals surface area contributed by atoms with E-state index in [1.54, 1.807) is 0 Å². The second kappa shape index (κ2) is 3.59. The van der Waals surface area contributed by atoms with Gasteiger partial charge in [-0.25, -0.2) is 5.10 Å². The molecule has 1 fully saturated rings. The van der Waals surface area contributed by atoms with E-state index >= 15 is 0 Å². The minimum absolute atomic E-state index is 0.216. The van der Waals surface area contributed by atoms with Crippen molar-refractivity contribution in [2.24, 2.45) is 0 Å². The highest BCUT2D eigenvalue weighted by molar-refractivity contribution is 5.85. The van der Waals surface area contributed by atoms with Crippen LogP contribution in [0.1, 0.15) is 31.0 Å². The molecule has 0 aliphatic heterocycles. The molecule has 1 saturated carbocycles. The third kappa shape index (κ3) is 1.91. The highest BCUT2D eigenvalue weighted by Gasteiger charge is 2.42. The van der Waals surface area contributed by atoms with Gasteiger partial charge in [-0.05, 0) is 31.0 Å². The Balaban J connectivity index is 2.33. The van der Waals surface area contributed by atoms with Gasteiger partial charge >= 0.3 is 6.18 Å². The third-order valence-electron chi connectivity index (χ3n) is 3.69. The average molecular weight is 268 g/mol. The number of aromatic nitrogens is 2. The summed E-state index contributed by atoms with van der Waals surface area (Å²) in [6, 6.07) is 3.17. The van der Waals surface area contributed by atoms with E-state index in [9.17, 15) is 18.0 Å². The number of halogens is 3. The fourth-order valence-corrected chi connectivity index (χ4v) is 2.23. The summed E-state index contributed by atoms with van der Waals surface area (Å²) >= 11 is 0. The molecule has 1 aliphatic carbocycles. The zero-order valence-corrected chi connectivity index (χ0v) is 10.1. The first-order valence-electron chi connectivity index (χ1n) is 5.91. The Morgan fingerprint density at radius 2 is 1.95 bits per heavy atom. The Kier molecular flexibility index (Phi) is 2.30. The Morgan fingerprint density at radius 3 is 2.53 bits per heavy atom. The quantitative estimate of drug-likeness (QED) is 0.864. The number of aromatic amines is 1. The average Bonchev–Trinajstić information content (AvgIpc) is 3.07. The number of alkyl halides is 3. The summed E-state index contributed by atoms with van der Waals surface area (Å²) in [5.74, 6) is 0. The van der Waals surface area contributed by atoms with Gasteiger partial charge in [0.2, 0.25) is 0 Å². The van der Waals surface area contributed by atoms with Gasteiger partial charge in [0.1, 0.15) is 0 Å². The molecule has 100 valence electrons. The molecule has 19 heavy (non-hydrogen) atoms. The maximum atomic E-state index is 12.8. The van der Waals surface area contributed by atoms with E-state index in [-0.39, 0.29) is 10.8 Å². The van der Waals surface area contributed by atoms with Gasteiger partial charge < -0.3 is 0 Å². The molecule has 1 aromatic heterocycles. The van der Waals surface area contributed by atoms with Crippen molar-refractivity contribution in [2.45, 2.75) is 31.4 Å². The molecule has 0 radical (unpaired) electrons. The first-order valence-corrected chi connectivity index (χ1v) is 5.91. The van der Waals surface area contributed by atoms with Gasteiger partial charge in [-0.3, -0.25) is 4.79 Å². The van der Waals surface area contributed by atoms with E-state index < -0.39 is 17.3 Å². The summed E-state index contributed by atoms with van der Waals surface area (Å²) in [6.07, 6.45) is -2.67. The number of nitrogens with zero attached hydrogens (tertiary/aromatic N) is 1. The van der Waals surface area contributed by atoms with Crippen LogP contribution in [0.25, 0.3) is 10.8 Å². The van der Waals surface area contributed by atoms with Crippen LogP contribution in [-0.2, 0) is 11.6 Å². The van der Waals surface area contributed by atoms with Crippen LogP contribution in [0.15, 0.2) is 23.0 Å². The van der Waals surface area contributed by atoms with E-state index in [1.807, 2.05) is 6.92 Å². The van der Waals surface area contributed by atoms with Crippen molar-refractivity contribution in [2.75, 3.05) is 0 Å². The molecule has 3 nitrogen and oxygen atoms in total. The van der Waals surface area contributed by atoms with E-state index in [2.05, 4.69) is 10.2 Å². The van der Waals surface area contributed by atoms with Gasteiger partial charge in [0.25, 0.3) is 5.56 Å². The maximum absolute atomic E-state index is 12.8. The van der Waals surface area contributed by atoms with Crippen molar-refractivity contribution in [3.05, 3.63) is 39.8 Å². The second-order valence-electron chi connectivity index (χ2n) is 5.22. The minimum Gasteiger partial charge on any atom is -0.267 e. The van der Waals surface area contributed by atoms with Crippen molar-refractivity contribution in [3.8, 4) is 0 Å². The molecule has 0 saturated heterocycles. The van der Waals surface area contributed by atoms with Gasteiger partial charge in [0.15, 0.2) is 0 Å². The normalized spacial score (nSPS) is 17.7. The molecule has 1 heterocycles. The van der Waals surface area contributed by atoms with Crippen LogP contribution < -0.4 is 5.56 Å². The molecule has 1 N–H and O–H groups in total. The third-order valence-corrected chi connectivity index (χ3v) is 3.69. The molecule has 0 unspecified atom stereocenters. The van der Waals surface area contributed by atoms with Gasteiger partial charge in [0, 0.05) is 10.8 Å². The molecule has 1 aromatic carbocycles. The molecule has 3 rings (SSSR count). The van der Waals surface area contributed by atoms with E-state index in [0.717, 1.165) is 25.0 Å². The van der Waals surface area contributed by atoms with Crippen LogP contribution >= 0.6 is 0 Å². The predicted octanol–water partition coefficient (Wildman–Crippen LogP) is 2.99. The highest BCUT2D eigenvalue weighted by atomic mass is 19.4. The fraction of sp³-hybridized carbons (Fsp3) is 0.385. The van der Waals surface area contributed by atoms with Gasteiger partial charge in [-0.2, -0.15) is 18.3 Å². The van der Waals surface area contributed by atoms with Gasteiger partial charge in [-0.15, -0.1) is 0 Å². The number of benzene rings is 1. The lowest BCUT2D eigenvalue weighted by molar-refractivity contribution is -0.137. The van der Waals surface area contributed by atoms with Crippen molar-refractivity contribution in [3.63, 3.8) is 0 Å². The fourth-order valence-electron chi connectivity index (χ4n) is 2.23. The molecule has 0 amide bonds. The Morgan fingerprint density at radius 1 is 1.26 bits per heavy atom. The van der Waals surface area contributed by atoms with Crippen molar-refractivity contribution in [1.29, 1.82) is 0 Å². The molecule has 2 aromatic rings. The minimum atomic E-state index is -4.42. The van der Waals surface area contributed by atoms with Gasteiger partial charge in [-0.1, -0.05) is 6.92 Å². The first-order chi connectivity index (χ1) is 8.81. The Bertz CT molecular complexity index is 714. The Hall–Kier alpha value is -1.85.